The number of amides is 1. The standard InChI is InChI=1S/C21H24N2O2/c1-14(2)18-9-5-6-10-20(18)22-21(24)19-12-15(3)23(16(19)4)13-17-8-7-11-25-17/h5-12,14H,13H2,1-4H3,(H,22,24). The van der Waals surface area contributed by atoms with E-state index in [1.54, 1.807) is 6.26 Å². The summed E-state index contributed by atoms with van der Waals surface area (Å²) in [6, 6.07) is 13.7. The van der Waals surface area contributed by atoms with E-state index in [0.717, 1.165) is 28.4 Å². The van der Waals surface area contributed by atoms with Gasteiger partial charge in [0.1, 0.15) is 5.76 Å². The maximum Gasteiger partial charge on any atom is 0.257 e. The molecule has 1 aromatic carbocycles. The maximum absolute atomic E-state index is 12.8. The number of para-hydroxylation sites is 1. The Hall–Kier alpha value is -2.75. The number of carbonyl (C=O) groups is 1. The average molecular weight is 336 g/mol. The summed E-state index contributed by atoms with van der Waals surface area (Å²) in [4.78, 5) is 12.8. The molecule has 0 aliphatic rings. The van der Waals surface area contributed by atoms with E-state index in [1.165, 1.54) is 0 Å². The molecule has 0 aliphatic heterocycles. The predicted octanol–water partition coefficient (Wildman–Crippen LogP) is 5.12. The van der Waals surface area contributed by atoms with Crippen molar-refractivity contribution in [3.8, 4) is 0 Å². The van der Waals surface area contributed by atoms with Crippen LogP contribution >= 0.6 is 0 Å². The van der Waals surface area contributed by atoms with Gasteiger partial charge in [0.25, 0.3) is 5.91 Å². The van der Waals surface area contributed by atoms with Crippen LogP contribution in [0.3, 0.4) is 0 Å². The largest absolute Gasteiger partial charge is 0.467 e. The molecule has 1 amide bonds. The number of hydrogen-bond acceptors (Lipinski definition) is 2. The van der Waals surface area contributed by atoms with Crippen molar-refractivity contribution in [3.63, 3.8) is 0 Å². The predicted molar refractivity (Wildman–Crippen MR) is 100 cm³/mol. The highest BCUT2D eigenvalue weighted by Gasteiger charge is 2.18. The van der Waals surface area contributed by atoms with Gasteiger partial charge in [-0.25, -0.2) is 0 Å². The molecular weight excluding hydrogens is 312 g/mol. The summed E-state index contributed by atoms with van der Waals surface area (Å²) in [7, 11) is 0. The van der Waals surface area contributed by atoms with E-state index < -0.39 is 0 Å². The van der Waals surface area contributed by atoms with Gasteiger partial charge in [-0.05, 0) is 49.6 Å². The average Bonchev–Trinajstić information content (AvgIpc) is 3.19. The molecule has 0 saturated carbocycles. The van der Waals surface area contributed by atoms with Crippen molar-refractivity contribution < 1.29 is 9.21 Å². The molecule has 0 spiro atoms. The molecule has 0 atom stereocenters. The molecule has 0 aliphatic carbocycles. The molecule has 3 aromatic rings. The Morgan fingerprint density at radius 3 is 2.60 bits per heavy atom. The van der Waals surface area contributed by atoms with Crippen molar-refractivity contribution in [2.24, 2.45) is 0 Å². The lowest BCUT2D eigenvalue weighted by Gasteiger charge is -2.14. The molecule has 4 nitrogen and oxygen atoms in total. The fourth-order valence-electron chi connectivity index (χ4n) is 3.14. The lowest BCUT2D eigenvalue weighted by Crippen LogP contribution is -2.15. The summed E-state index contributed by atoms with van der Waals surface area (Å²) in [6.07, 6.45) is 1.67. The second kappa shape index (κ2) is 7.01. The van der Waals surface area contributed by atoms with Crippen LogP contribution in [0.4, 0.5) is 5.69 Å². The summed E-state index contributed by atoms with van der Waals surface area (Å²) in [5.41, 5.74) is 4.69. The Morgan fingerprint density at radius 1 is 1.16 bits per heavy atom. The van der Waals surface area contributed by atoms with Gasteiger partial charge in [0.05, 0.1) is 18.4 Å². The second-order valence-corrected chi connectivity index (χ2v) is 6.65. The Bertz CT molecular complexity index is 873. The zero-order valence-electron chi connectivity index (χ0n) is 15.2. The van der Waals surface area contributed by atoms with Crippen LogP contribution in [-0.2, 0) is 6.54 Å². The van der Waals surface area contributed by atoms with Crippen LogP contribution in [0, 0.1) is 13.8 Å². The highest BCUT2D eigenvalue weighted by atomic mass is 16.3. The normalized spacial score (nSPS) is 11.1. The minimum Gasteiger partial charge on any atom is -0.467 e. The number of nitrogens with zero attached hydrogens (tertiary/aromatic N) is 1. The lowest BCUT2D eigenvalue weighted by molar-refractivity contribution is 0.102. The number of anilines is 1. The Balaban J connectivity index is 1.86. The first-order valence-corrected chi connectivity index (χ1v) is 8.56. The third-order valence-electron chi connectivity index (χ3n) is 4.54. The third kappa shape index (κ3) is 3.53. The molecule has 3 rings (SSSR count). The third-order valence-corrected chi connectivity index (χ3v) is 4.54. The smallest absolute Gasteiger partial charge is 0.257 e. The molecule has 2 heterocycles. The van der Waals surface area contributed by atoms with Crippen LogP contribution in [0.25, 0.3) is 0 Å². The van der Waals surface area contributed by atoms with Crippen LogP contribution in [-0.4, -0.2) is 10.5 Å². The first-order valence-electron chi connectivity index (χ1n) is 8.56. The first-order chi connectivity index (χ1) is 12.0. The van der Waals surface area contributed by atoms with Crippen molar-refractivity contribution in [1.29, 1.82) is 0 Å². The molecule has 0 radical (unpaired) electrons. The molecule has 0 bridgehead atoms. The highest BCUT2D eigenvalue weighted by Crippen LogP contribution is 2.25. The zero-order chi connectivity index (χ0) is 18.0. The van der Waals surface area contributed by atoms with Gasteiger partial charge in [-0.15, -0.1) is 0 Å². The van der Waals surface area contributed by atoms with Crippen molar-refractivity contribution in [1.82, 2.24) is 4.57 Å². The quantitative estimate of drug-likeness (QED) is 0.703. The van der Waals surface area contributed by atoms with E-state index >= 15 is 0 Å². The second-order valence-electron chi connectivity index (χ2n) is 6.65. The van der Waals surface area contributed by atoms with E-state index in [-0.39, 0.29) is 5.91 Å². The van der Waals surface area contributed by atoms with Gasteiger partial charge in [0.15, 0.2) is 0 Å². The van der Waals surface area contributed by atoms with E-state index in [0.29, 0.717) is 18.0 Å². The number of carbonyl (C=O) groups excluding carboxylic acids is 1. The summed E-state index contributed by atoms with van der Waals surface area (Å²) in [5.74, 6) is 1.15. The van der Waals surface area contributed by atoms with Crippen molar-refractivity contribution in [2.45, 2.75) is 40.2 Å². The molecule has 130 valence electrons. The fourth-order valence-corrected chi connectivity index (χ4v) is 3.14. The topological polar surface area (TPSA) is 47.2 Å². The number of rotatable bonds is 5. The van der Waals surface area contributed by atoms with Crippen LogP contribution in [0.2, 0.25) is 0 Å². The number of hydrogen-bond donors (Lipinski definition) is 1. The molecule has 0 saturated heterocycles. The van der Waals surface area contributed by atoms with E-state index in [1.807, 2.05) is 50.2 Å². The Kier molecular flexibility index (Phi) is 4.79. The number of benzene rings is 1. The van der Waals surface area contributed by atoms with Gasteiger partial charge < -0.3 is 14.3 Å². The number of aromatic nitrogens is 1. The summed E-state index contributed by atoms with van der Waals surface area (Å²) < 4.78 is 7.53. The van der Waals surface area contributed by atoms with Gasteiger partial charge in [0.2, 0.25) is 0 Å². The molecule has 25 heavy (non-hydrogen) atoms. The molecule has 0 unspecified atom stereocenters. The Morgan fingerprint density at radius 2 is 1.92 bits per heavy atom. The molecular formula is C21H24N2O2. The fraction of sp³-hybridized carbons (Fsp3) is 0.286. The zero-order valence-corrected chi connectivity index (χ0v) is 15.2. The van der Waals surface area contributed by atoms with Gasteiger partial charge in [0, 0.05) is 17.1 Å². The minimum absolute atomic E-state index is 0.0769. The van der Waals surface area contributed by atoms with Gasteiger partial charge >= 0.3 is 0 Å². The number of furan rings is 1. The highest BCUT2D eigenvalue weighted by molar-refractivity contribution is 6.05. The van der Waals surface area contributed by atoms with Gasteiger partial charge in [-0.3, -0.25) is 4.79 Å². The lowest BCUT2D eigenvalue weighted by atomic mass is 10.0. The monoisotopic (exact) mass is 336 g/mol. The summed E-state index contributed by atoms with van der Waals surface area (Å²) >= 11 is 0. The summed E-state index contributed by atoms with van der Waals surface area (Å²) in [6.45, 7) is 8.86. The molecule has 0 fully saturated rings. The maximum atomic E-state index is 12.8. The van der Waals surface area contributed by atoms with Crippen molar-refractivity contribution in [2.75, 3.05) is 5.32 Å². The van der Waals surface area contributed by atoms with Crippen LogP contribution < -0.4 is 5.32 Å². The van der Waals surface area contributed by atoms with Crippen LogP contribution in [0.15, 0.2) is 53.1 Å². The van der Waals surface area contributed by atoms with E-state index in [4.69, 9.17) is 4.42 Å². The van der Waals surface area contributed by atoms with Crippen LogP contribution in [0.1, 0.15) is 52.8 Å². The van der Waals surface area contributed by atoms with Crippen molar-refractivity contribution in [3.05, 3.63) is 77.0 Å². The minimum atomic E-state index is -0.0769. The van der Waals surface area contributed by atoms with Crippen LogP contribution in [0.5, 0.6) is 0 Å². The van der Waals surface area contributed by atoms with Gasteiger partial charge in [-0.1, -0.05) is 32.0 Å². The number of aryl methyl sites for hydroxylation is 1. The molecule has 4 heteroatoms. The van der Waals surface area contributed by atoms with Crippen molar-refractivity contribution >= 4 is 11.6 Å². The van der Waals surface area contributed by atoms with Gasteiger partial charge in [-0.2, -0.15) is 0 Å². The van der Waals surface area contributed by atoms with E-state index in [9.17, 15) is 4.79 Å². The first kappa shape index (κ1) is 17.1. The van der Waals surface area contributed by atoms with E-state index in [2.05, 4.69) is 29.8 Å². The summed E-state index contributed by atoms with van der Waals surface area (Å²) in [5, 5.41) is 3.07. The number of nitrogens with one attached hydrogen (secondary N) is 1. The molecule has 1 N–H and O–H groups in total. The Labute approximate surface area is 148 Å². The molecule has 2 aromatic heterocycles. The SMILES string of the molecule is Cc1cc(C(=O)Nc2ccccc2C(C)C)c(C)n1Cc1ccco1.